The average molecular weight is 289 g/mol. The summed E-state index contributed by atoms with van der Waals surface area (Å²) in [5, 5.41) is 0. The summed E-state index contributed by atoms with van der Waals surface area (Å²) in [4.78, 5) is 13.4. The van der Waals surface area contributed by atoms with E-state index >= 15 is 0 Å². The van der Waals surface area contributed by atoms with Crippen molar-refractivity contribution in [2.45, 2.75) is 6.54 Å². The van der Waals surface area contributed by atoms with Crippen molar-refractivity contribution in [3.63, 3.8) is 0 Å². The number of hydrogen-bond acceptors (Lipinski definition) is 5. The maximum Gasteiger partial charge on any atom is 0.265 e. The molecule has 1 aromatic carbocycles. The molecule has 0 unspecified atom stereocenters. The highest BCUT2D eigenvalue weighted by Crippen LogP contribution is 2.12. The molecule has 0 spiro atoms. The summed E-state index contributed by atoms with van der Waals surface area (Å²) < 4.78 is 10.7. The van der Waals surface area contributed by atoms with E-state index in [0.717, 1.165) is 24.4 Å². The van der Waals surface area contributed by atoms with Crippen molar-refractivity contribution in [2.24, 2.45) is 5.84 Å². The highest BCUT2D eigenvalue weighted by molar-refractivity contribution is 5.93. The average Bonchev–Trinajstić information content (AvgIpc) is 3.00. The minimum atomic E-state index is -0.318. The lowest BCUT2D eigenvalue weighted by atomic mass is 10.2. The quantitative estimate of drug-likeness (QED) is 0.457. The van der Waals surface area contributed by atoms with Crippen LogP contribution in [0.4, 0.5) is 0 Å². The van der Waals surface area contributed by atoms with Crippen LogP contribution in [0.5, 0.6) is 5.75 Å². The van der Waals surface area contributed by atoms with Crippen molar-refractivity contribution in [3.05, 3.63) is 54.0 Å². The topological polar surface area (TPSA) is 80.7 Å². The summed E-state index contributed by atoms with van der Waals surface area (Å²) in [5.41, 5.74) is 3.72. The number of nitrogens with one attached hydrogen (secondary N) is 1. The lowest BCUT2D eigenvalue weighted by Gasteiger charge is -2.16. The van der Waals surface area contributed by atoms with Crippen LogP contribution in [-0.4, -0.2) is 31.0 Å². The molecule has 0 aliphatic heterocycles. The van der Waals surface area contributed by atoms with E-state index in [-0.39, 0.29) is 5.91 Å². The summed E-state index contributed by atoms with van der Waals surface area (Å²) in [5.74, 6) is 5.47. The molecule has 3 N–H and O–H groups in total. The zero-order valence-electron chi connectivity index (χ0n) is 11.9. The number of carbonyl (C=O) groups is 1. The number of furan rings is 1. The highest BCUT2D eigenvalue weighted by atomic mass is 16.5. The molecule has 2 rings (SSSR count). The Hall–Kier alpha value is -2.31. The third kappa shape index (κ3) is 4.62. The predicted octanol–water partition coefficient (Wildman–Crippen LogP) is 1.39. The molecule has 0 aliphatic carbocycles. The Kier molecular flexibility index (Phi) is 5.36. The van der Waals surface area contributed by atoms with E-state index < -0.39 is 0 Å². The molecule has 0 aliphatic rings. The van der Waals surface area contributed by atoms with E-state index in [4.69, 9.17) is 15.0 Å². The molecule has 1 heterocycles. The Morgan fingerprint density at radius 1 is 1.33 bits per heavy atom. The second kappa shape index (κ2) is 7.47. The van der Waals surface area contributed by atoms with Gasteiger partial charge < -0.3 is 9.15 Å². The molecule has 0 saturated heterocycles. The van der Waals surface area contributed by atoms with Crippen molar-refractivity contribution < 1.29 is 13.9 Å². The first-order valence-electron chi connectivity index (χ1n) is 6.62. The third-order valence-electron chi connectivity index (χ3n) is 3.02. The number of amides is 1. The molecule has 0 radical (unpaired) electrons. The van der Waals surface area contributed by atoms with Gasteiger partial charge in [-0.2, -0.15) is 0 Å². The van der Waals surface area contributed by atoms with Crippen LogP contribution in [0.1, 0.15) is 15.9 Å². The van der Waals surface area contributed by atoms with Crippen molar-refractivity contribution in [3.8, 4) is 5.75 Å². The van der Waals surface area contributed by atoms with Crippen LogP contribution in [0.3, 0.4) is 0 Å². The standard InChI is InChI=1S/C15H19N3O3/c1-18(10-12-6-8-20-11-12)7-9-21-14-4-2-13(3-5-14)15(19)17-16/h2-6,8,11H,7,9-10,16H2,1H3,(H,17,19). The maximum atomic E-state index is 11.3. The fourth-order valence-corrected chi connectivity index (χ4v) is 1.88. The van der Waals surface area contributed by atoms with E-state index in [1.54, 1.807) is 36.8 Å². The summed E-state index contributed by atoms with van der Waals surface area (Å²) in [6.45, 7) is 2.17. The number of nitrogens with two attached hydrogens (primary N) is 1. The molecule has 2 aromatic rings. The van der Waals surface area contributed by atoms with Crippen LogP contribution in [0.25, 0.3) is 0 Å². The molecule has 112 valence electrons. The van der Waals surface area contributed by atoms with Gasteiger partial charge in [-0.05, 0) is 37.4 Å². The summed E-state index contributed by atoms with van der Waals surface area (Å²) in [7, 11) is 2.02. The zero-order chi connectivity index (χ0) is 15.1. The monoisotopic (exact) mass is 289 g/mol. The van der Waals surface area contributed by atoms with Gasteiger partial charge in [0.05, 0.1) is 12.5 Å². The fraction of sp³-hybridized carbons (Fsp3) is 0.267. The van der Waals surface area contributed by atoms with Gasteiger partial charge in [0.15, 0.2) is 0 Å². The van der Waals surface area contributed by atoms with E-state index in [1.165, 1.54) is 0 Å². The van der Waals surface area contributed by atoms with E-state index in [9.17, 15) is 4.79 Å². The van der Waals surface area contributed by atoms with Gasteiger partial charge in [-0.1, -0.05) is 0 Å². The summed E-state index contributed by atoms with van der Waals surface area (Å²) in [6, 6.07) is 8.79. The van der Waals surface area contributed by atoms with Crippen LogP contribution in [-0.2, 0) is 6.54 Å². The molecule has 6 nitrogen and oxygen atoms in total. The van der Waals surface area contributed by atoms with Crippen molar-refractivity contribution in [1.82, 2.24) is 10.3 Å². The highest BCUT2D eigenvalue weighted by Gasteiger charge is 2.04. The second-order valence-electron chi connectivity index (χ2n) is 4.72. The second-order valence-corrected chi connectivity index (χ2v) is 4.72. The third-order valence-corrected chi connectivity index (χ3v) is 3.02. The Morgan fingerprint density at radius 3 is 2.71 bits per heavy atom. The number of rotatable bonds is 7. The number of likely N-dealkylation sites (N-methyl/N-ethyl adjacent to an activating group) is 1. The lowest BCUT2D eigenvalue weighted by molar-refractivity contribution is 0.0953. The first-order chi connectivity index (χ1) is 10.2. The number of nitrogen functional groups attached to an aromatic ring is 1. The minimum Gasteiger partial charge on any atom is -0.492 e. The number of hydrogen-bond donors (Lipinski definition) is 2. The number of nitrogens with zero attached hydrogens (tertiary/aromatic N) is 1. The van der Waals surface area contributed by atoms with Gasteiger partial charge in [0, 0.05) is 24.2 Å². The smallest absolute Gasteiger partial charge is 0.265 e. The molecule has 0 atom stereocenters. The van der Waals surface area contributed by atoms with Crippen molar-refractivity contribution in [1.29, 1.82) is 0 Å². The molecular weight excluding hydrogens is 270 g/mol. The molecular formula is C15H19N3O3. The molecule has 1 aromatic heterocycles. The Labute approximate surface area is 123 Å². The first-order valence-corrected chi connectivity index (χ1v) is 6.62. The first kappa shape index (κ1) is 15.1. The lowest BCUT2D eigenvalue weighted by Crippen LogP contribution is -2.29. The molecule has 0 bridgehead atoms. The Morgan fingerprint density at radius 2 is 2.10 bits per heavy atom. The van der Waals surface area contributed by atoms with Crippen LogP contribution in [0, 0.1) is 0 Å². The Balaban J connectivity index is 1.74. The summed E-state index contributed by atoms with van der Waals surface area (Å²) >= 11 is 0. The summed E-state index contributed by atoms with van der Waals surface area (Å²) in [6.07, 6.45) is 3.40. The number of carbonyl (C=O) groups excluding carboxylic acids is 1. The van der Waals surface area contributed by atoms with Gasteiger partial charge in [-0.25, -0.2) is 5.84 Å². The van der Waals surface area contributed by atoms with E-state index in [2.05, 4.69) is 10.3 Å². The molecule has 1 amide bonds. The molecule has 0 saturated carbocycles. The van der Waals surface area contributed by atoms with Gasteiger partial charge in [-0.3, -0.25) is 15.1 Å². The molecule has 6 heteroatoms. The largest absolute Gasteiger partial charge is 0.492 e. The van der Waals surface area contributed by atoms with Crippen LogP contribution in [0.15, 0.2) is 47.3 Å². The van der Waals surface area contributed by atoms with Gasteiger partial charge >= 0.3 is 0 Å². The number of benzene rings is 1. The van der Waals surface area contributed by atoms with Gasteiger partial charge in [0.25, 0.3) is 5.91 Å². The van der Waals surface area contributed by atoms with Crippen molar-refractivity contribution in [2.75, 3.05) is 20.2 Å². The van der Waals surface area contributed by atoms with Crippen LogP contribution in [0.2, 0.25) is 0 Å². The Bertz CT molecular complexity index is 552. The normalized spacial score (nSPS) is 10.6. The zero-order valence-corrected chi connectivity index (χ0v) is 11.9. The van der Waals surface area contributed by atoms with Crippen LogP contribution >= 0.6 is 0 Å². The molecule has 0 fully saturated rings. The minimum absolute atomic E-state index is 0.318. The number of ether oxygens (including phenoxy) is 1. The molecule has 21 heavy (non-hydrogen) atoms. The van der Waals surface area contributed by atoms with E-state index in [1.807, 2.05) is 13.1 Å². The van der Waals surface area contributed by atoms with Gasteiger partial charge in [0.2, 0.25) is 0 Å². The predicted molar refractivity (Wildman–Crippen MR) is 78.6 cm³/mol. The van der Waals surface area contributed by atoms with Crippen LogP contribution < -0.4 is 16.0 Å². The number of hydrazine groups is 1. The van der Waals surface area contributed by atoms with E-state index in [0.29, 0.717) is 12.2 Å². The SMILES string of the molecule is CN(CCOc1ccc(C(=O)NN)cc1)Cc1ccoc1. The maximum absolute atomic E-state index is 11.3. The van der Waals surface area contributed by atoms with Gasteiger partial charge in [0.1, 0.15) is 12.4 Å². The van der Waals surface area contributed by atoms with Gasteiger partial charge in [-0.15, -0.1) is 0 Å². The van der Waals surface area contributed by atoms with Crippen molar-refractivity contribution >= 4 is 5.91 Å². The fourth-order valence-electron chi connectivity index (χ4n) is 1.88.